The quantitative estimate of drug-likeness (QED) is 0.411. The van der Waals surface area contributed by atoms with Crippen LogP contribution in [-0.4, -0.2) is 66.6 Å². The van der Waals surface area contributed by atoms with Crippen LogP contribution in [0.4, 0.5) is 0 Å². The number of hydrogen-bond donors (Lipinski definition) is 4. The topological polar surface area (TPSA) is 125 Å². The summed E-state index contributed by atoms with van der Waals surface area (Å²) in [5.41, 5.74) is 5.68. The van der Waals surface area contributed by atoms with Gasteiger partial charge in [-0.1, -0.05) is 20.3 Å². The van der Waals surface area contributed by atoms with Crippen molar-refractivity contribution in [2.45, 2.75) is 58.2 Å². The Bertz CT molecular complexity index is 434. The molecule has 0 aromatic rings. The second kappa shape index (κ2) is 12.9. The number of aliphatic hydroxyl groups excluding tert-OH is 1. The number of aliphatic hydroxyl groups is 1. The summed E-state index contributed by atoms with van der Waals surface area (Å²) in [5, 5.41) is 14.8. The predicted octanol–water partition coefficient (Wildman–Crippen LogP) is -0.368. The smallest absolute Gasteiger partial charge is 0.250 e. The lowest BCUT2D eigenvalue weighted by molar-refractivity contribution is -0.133. The van der Waals surface area contributed by atoms with Crippen LogP contribution in [0.25, 0.3) is 0 Å². The average Bonchev–Trinajstić information content (AvgIpc) is 2.50. The zero-order valence-electron chi connectivity index (χ0n) is 15.7. The Morgan fingerprint density at radius 1 is 1.20 bits per heavy atom. The van der Waals surface area contributed by atoms with Crippen LogP contribution in [-0.2, 0) is 14.4 Å². The van der Waals surface area contributed by atoms with E-state index in [-0.39, 0.29) is 42.7 Å². The predicted molar refractivity (Wildman–Crippen MR) is 99.2 cm³/mol. The van der Waals surface area contributed by atoms with E-state index >= 15 is 0 Å². The number of nitrogens with one attached hydrogen (secondary N) is 2. The minimum Gasteiger partial charge on any atom is -0.382 e. The second-order valence-corrected chi connectivity index (χ2v) is 6.45. The first kappa shape index (κ1) is 25.9. The largest absolute Gasteiger partial charge is 0.382 e. The fourth-order valence-corrected chi connectivity index (χ4v) is 2.41. The molecule has 0 fully saturated rings. The lowest BCUT2D eigenvalue weighted by Crippen LogP contribution is -2.49. The third kappa shape index (κ3) is 10.3. The molecule has 0 heterocycles. The standard InChI is InChI=1S/C16H32N4O4.ClH/c1-6-7-12(17)14(22)15(23)18-9-13(21)19-11(3)8-10(2)16(24)20(4)5;/h10-12,14,22H,6-9,17H2,1-5H3,(H,18,23)(H,19,21);1H/t10-,11?,12-,14?;/m0./s1. The Kier molecular flexibility index (Phi) is 13.3. The third-order valence-corrected chi connectivity index (χ3v) is 3.70. The fraction of sp³-hybridized carbons (Fsp3) is 0.812. The summed E-state index contributed by atoms with van der Waals surface area (Å²) in [6.45, 7) is 5.26. The summed E-state index contributed by atoms with van der Waals surface area (Å²) in [6.07, 6.45) is 0.455. The Hall–Kier alpha value is -1.38. The molecular weight excluding hydrogens is 348 g/mol. The summed E-state index contributed by atoms with van der Waals surface area (Å²) < 4.78 is 0. The minimum atomic E-state index is -1.33. The molecule has 5 N–H and O–H groups in total. The first-order valence-corrected chi connectivity index (χ1v) is 8.31. The molecule has 0 aliphatic carbocycles. The molecule has 0 aliphatic heterocycles. The molecule has 0 saturated heterocycles. The highest BCUT2D eigenvalue weighted by Gasteiger charge is 2.23. The zero-order valence-corrected chi connectivity index (χ0v) is 16.6. The van der Waals surface area contributed by atoms with E-state index in [1.54, 1.807) is 27.9 Å². The molecule has 0 rings (SSSR count). The Labute approximate surface area is 156 Å². The van der Waals surface area contributed by atoms with Crippen molar-refractivity contribution in [3.63, 3.8) is 0 Å². The van der Waals surface area contributed by atoms with Crippen LogP contribution in [0.15, 0.2) is 0 Å². The van der Waals surface area contributed by atoms with Crippen molar-refractivity contribution in [2.75, 3.05) is 20.6 Å². The zero-order chi connectivity index (χ0) is 18.9. The molecule has 25 heavy (non-hydrogen) atoms. The number of nitrogens with two attached hydrogens (primary N) is 1. The van der Waals surface area contributed by atoms with Crippen molar-refractivity contribution >= 4 is 30.1 Å². The van der Waals surface area contributed by atoms with Crippen molar-refractivity contribution in [2.24, 2.45) is 11.7 Å². The third-order valence-electron chi connectivity index (χ3n) is 3.70. The van der Waals surface area contributed by atoms with E-state index in [1.165, 1.54) is 4.90 Å². The summed E-state index contributed by atoms with van der Waals surface area (Å²) in [7, 11) is 3.37. The van der Waals surface area contributed by atoms with Gasteiger partial charge in [0.2, 0.25) is 11.8 Å². The Morgan fingerprint density at radius 2 is 1.76 bits per heavy atom. The van der Waals surface area contributed by atoms with E-state index in [2.05, 4.69) is 10.6 Å². The van der Waals surface area contributed by atoms with Crippen molar-refractivity contribution in [3.8, 4) is 0 Å². The van der Waals surface area contributed by atoms with Gasteiger partial charge >= 0.3 is 0 Å². The number of halogens is 1. The SMILES string of the molecule is CCC[C@H](N)C(O)C(=O)NCC(=O)NC(C)C[C@H](C)C(=O)N(C)C.Cl. The number of amides is 3. The van der Waals surface area contributed by atoms with Gasteiger partial charge in [0.25, 0.3) is 5.91 Å². The molecule has 9 heteroatoms. The first-order chi connectivity index (χ1) is 11.1. The van der Waals surface area contributed by atoms with Crippen LogP contribution in [0.5, 0.6) is 0 Å². The number of rotatable bonds is 10. The number of carbonyl (C=O) groups excluding carboxylic acids is 3. The highest BCUT2D eigenvalue weighted by Crippen LogP contribution is 2.08. The lowest BCUT2D eigenvalue weighted by atomic mass is 10.0. The van der Waals surface area contributed by atoms with E-state index < -0.39 is 18.1 Å². The fourth-order valence-electron chi connectivity index (χ4n) is 2.41. The van der Waals surface area contributed by atoms with Gasteiger partial charge in [0, 0.05) is 32.1 Å². The van der Waals surface area contributed by atoms with E-state index in [0.29, 0.717) is 12.8 Å². The van der Waals surface area contributed by atoms with Crippen LogP contribution in [0.3, 0.4) is 0 Å². The maximum Gasteiger partial charge on any atom is 0.250 e. The Morgan fingerprint density at radius 3 is 2.24 bits per heavy atom. The van der Waals surface area contributed by atoms with E-state index in [0.717, 1.165) is 6.42 Å². The van der Waals surface area contributed by atoms with Gasteiger partial charge in [-0.3, -0.25) is 14.4 Å². The molecule has 0 saturated carbocycles. The highest BCUT2D eigenvalue weighted by molar-refractivity contribution is 5.87. The summed E-state index contributed by atoms with van der Waals surface area (Å²) in [4.78, 5) is 36.8. The van der Waals surface area contributed by atoms with Gasteiger partial charge in [-0.25, -0.2) is 0 Å². The number of nitrogens with zero attached hydrogens (tertiary/aromatic N) is 1. The lowest BCUT2D eigenvalue weighted by Gasteiger charge is -2.21. The van der Waals surface area contributed by atoms with Gasteiger partial charge in [-0.2, -0.15) is 0 Å². The van der Waals surface area contributed by atoms with Crippen molar-refractivity contribution in [3.05, 3.63) is 0 Å². The minimum absolute atomic E-state index is 0. The van der Waals surface area contributed by atoms with Crippen LogP contribution < -0.4 is 16.4 Å². The van der Waals surface area contributed by atoms with Gasteiger partial charge in [-0.05, 0) is 19.8 Å². The number of hydrogen-bond acceptors (Lipinski definition) is 5. The molecule has 0 bridgehead atoms. The molecule has 148 valence electrons. The maximum atomic E-state index is 11.8. The molecule has 4 atom stereocenters. The van der Waals surface area contributed by atoms with Crippen molar-refractivity contribution in [1.29, 1.82) is 0 Å². The molecule has 0 radical (unpaired) electrons. The molecule has 0 aromatic carbocycles. The molecule has 0 aromatic heterocycles. The molecule has 0 spiro atoms. The van der Waals surface area contributed by atoms with Gasteiger partial charge in [0.15, 0.2) is 0 Å². The van der Waals surface area contributed by atoms with E-state index in [1.807, 2.05) is 6.92 Å². The van der Waals surface area contributed by atoms with Crippen LogP contribution in [0.2, 0.25) is 0 Å². The summed E-state index contributed by atoms with van der Waals surface area (Å²) in [5.74, 6) is -1.25. The van der Waals surface area contributed by atoms with Crippen LogP contribution in [0.1, 0.15) is 40.0 Å². The molecule has 0 aliphatic rings. The highest BCUT2D eigenvalue weighted by atomic mass is 35.5. The second-order valence-electron chi connectivity index (χ2n) is 6.45. The average molecular weight is 381 g/mol. The van der Waals surface area contributed by atoms with Crippen molar-refractivity contribution in [1.82, 2.24) is 15.5 Å². The van der Waals surface area contributed by atoms with Crippen LogP contribution >= 0.6 is 12.4 Å². The monoisotopic (exact) mass is 380 g/mol. The molecule has 8 nitrogen and oxygen atoms in total. The Balaban J connectivity index is 0. The van der Waals surface area contributed by atoms with Gasteiger partial charge in [0.1, 0.15) is 6.10 Å². The summed E-state index contributed by atoms with van der Waals surface area (Å²) >= 11 is 0. The van der Waals surface area contributed by atoms with Crippen LogP contribution in [0, 0.1) is 5.92 Å². The van der Waals surface area contributed by atoms with Crippen molar-refractivity contribution < 1.29 is 19.5 Å². The summed E-state index contributed by atoms with van der Waals surface area (Å²) in [6, 6.07) is -0.851. The van der Waals surface area contributed by atoms with Gasteiger partial charge in [-0.15, -0.1) is 12.4 Å². The van der Waals surface area contributed by atoms with E-state index in [4.69, 9.17) is 5.73 Å². The van der Waals surface area contributed by atoms with Gasteiger partial charge < -0.3 is 26.4 Å². The first-order valence-electron chi connectivity index (χ1n) is 8.31. The maximum absolute atomic E-state index is 11.8. The van der Waals surface area contributed by atoms with Gasteiger partial charge in [0.05, 0.1) is 6.54 Å². The van der Waals surface area contributed by atoms with E-state index in [9.17, 15) is 19.5 Å². The molecule has 2 unspecified atom stereocenters. The molecular formula is C16H33ClN4O4. The molecule has 3 amide bonds. The number of carbonyl (C=O) groups is 3. The normalized spacial score (nSPS) is 15.2.